The Morgan fingerprint density at radius 3 is 2.42 bits per heavy atom. The predicted octanol–water partition coefficient (Wildman–Crippen LogP) is 3.21. The molecule has 0 fully saturated rings. The van der Waals surface area contributed by atoms with Crippen LogP contribution >= 0.6 is 11.6 Å². The van der Waals surface area contributed by atoms with Crippen molar-refractivity contribution in [1.29, 1.82) is 0 Å². The first-order valence-corrected chi connectivity index (χ1v) is 8.37. The van der Waals surface area contributed by atoms with E-state index in [-0.39, 0.29) is 11.8 Å². The third-order valence-electron chi connectivity index (χ3n) is 3.53. The Balaban J connectivity index is 1.57. The number of hydrogen-bond acceptors (Lipinski definition) is 2. The van der Waals surface area contributed by atoms with E-state index in [0.29, 0.717) is 30.1 Å². The number of carbonyl (C=O) groups excluding carboxylic acids is 2. The van der Waals surface area contributed by atoms with Crippen molar-refractivity contribution < 1.29 is 9.59 Å². The quantitative estimate of drug-likeness (QED) is 0.722. The van der Waals surface area contributed by atoms with Gasteiger partial charge in [-0.1, -0.05) is 41.9 Å². The molecule has 0 saturated carbocycles. The molecule has 126 valence electrons. The van der Waals surface area contributed by atoms with Crippen molar-refractivity contribution in [2.24, 2.45) is 0 Å². The van der Waals surface area contributed by atoms with Crippen molar-refractivity contribution >= 4 is 23.4 Å². The molecule has 2 amide bonds. The number of aryl methyl sites for hydroxylation is 1. The van der Waals surface area contributed by atoms with Crippen LogP contribution in [-0.2, 0) is 11.2 Å². The van der Waals surface area contributed by atoms with E-state index in [1.807, 2.05) is 42.5 Å². The van der Waals surface area contributed by atoms with Crippen molar-refractivity contribution in [1.82, 2.24) is 10.6 Å². The molecule has 5 heteroatoms. The fourth-order valence-corrected chi connectivity index (χ4v) is 2.52. The maximum absolute atomic E-state index is 11.8. The summed E-state index contributed by atoms with van der Waals surface area (Å²) in [7, 11) is 0. The van der Waals surface area contributed by atoms with Crippen LogP contribution in [0.25, 0.3) is 0 Å². The van der Waals surface area contributed by atoms with Gasteiger partial charge in [-0.3, -0.25) is 9.59 Å². The van der Waals surface area contributed by atoms with Crippen LogP contribution in [0.4, 0.5) is 0 Å². The first kappa shape index (κ1) is 18.0. The average molecular weight is 345 g/mol. The summed E-state index contributed by atoms with van der Waals surface area (Å²) in [6, 6.07) is 16.7. The number of amides is 2. The van der Waals surface area contributed by atoms with Crippen LogP contribution in [0.15, 0.2) is 54.6 Å². The molecule has 0 aromatic heterocycles. The van der Waals surface area contributed by atoms with E-state index in [1.54, 1.807) is 12.1 Å². The van der Waals surface area contributed by atoms with Gasteiger partial charge in [0.2, 0.25) is 5.91 Å². The Hall–Kier alpha value is -2.33. The normalized spacial score (nSPS) is 10.2. The van der Waals surface area contributed by atoms with Crippen molar-refractivity contribution in [2.75, 3.05) is 13.1 Å². The Bertz CT molecular complexity index is 674. The summed E-state index contributed by atoms with van der Waals surface area (Å²) in [4.78, 5) is 23.6. The van der Waals surface area contributed by atoms with Gasteiger partial charge >= 0.3 is 0 Å². The van der Waals surface area contributed by atoms with Gasteiger partial charge in [-0.25, -0.2) is 0 Å². The van der Waals surface area contributed by atoms with Crippen LogP contribution in [-0.4, -0.2) is 24.9 Å². The monoisotopic (exact) mass is 344 g/mol. The first-order valence-electron chi connectivity index (χ1n) is 7.99. The van der Waals surface area contributed by atoms with Gasteiger partial charge in [-0.05, 0) is 42.7 Å². The molecule has 4 nitrogen and oxygen atoms in total. The zero-order valence-electron chi connectivity index (χ0n) is 13.4. The van der Waals surface area contributed by atoms with Crippen LogP contribution in [0.3, 0.4) is 0 Å². The molecule has 0 saturated heterocycles. The highest BCUT2D eigenvalue weighted by Gasteiger charge is 2.04. The van der Waals surface area contributed by atoms with E-state index in [2.05, 4.69) is 10.6 Å². The second-order valence-electron chi connectivity index (χ2n) is 5.46. The smallest absolute Gasteiger partial charge is 0.251 e. The van der Waals surface area contributed by atoms with Crippen LogP contribution in [0.1, 0.15) is 28.8 Å². The number of carbonyl (C=O) groups is 2. The molecule has 0 aliphatic rings. The minimum absolute atomic E-state index is 0.00834. The number of benzene rings is 2. The van der Waals surface area contributed by atoms with Gasteiger partial charge in [0.15, 0.2) is 0 Å². The van der Waals surface area contributed by atoms with Crippen molar-refractivity contribution in [3.05, 3.63) is 70.7 Å². The van der Waals surface area contributed by atoms with Gasteiger partial charge in [0.25, 0.3) is 5.91 Å². The second kappa shape index (κ2) is 9.73. The maximum atomic E-state index is 11.8. The van der Waals surface area contributed by atoms with Crippen molar-refractivity contribution in [3.8, 4) is 0 Å². The summed E-state index contributed by atoms with van der Waals surface area (Å²) < 4.78 is 0. The number of rotatable bonds is 8. The Kier molecular flexibility index (Phi) is 7.30. The van der Waals surface area contributed by atoms with Gasteiger partial charge in [0.05, 0.1) is 0 Å². The Labute approximate surface area is 147 Å². The maximum Gasteiger partial charge on any atom is 0.251 e. The highest BCUT2D eigenvalue weighted by atomic mass is 35.5. The van der Waals surface area contributed by atoms with E-state index in [4.69, 9.17) is 11.6 Å². The third-order valence-corrected chi connectivity index (χ3v) is 3.76. The highest BCUT2D eigenvalue weighted by Crippen LogP contribution is 2.12. The largest absolute Gasteiger partial charge is 0.354 e. The molecule has 0 spiro atoms. The fourth-order valence-electron chi connectivity index (χ4n) is 2.30. The lowest BCUT2D eigenvalue weighted by Gasteiger charge is -2.07. The minimum Gasteiger partial charge on any atom is -0.354 e. The molecule has 2 rings (SSSR count). The van der Waals surface area contributed by atoms with Gasteiger partial charge < -0.3 is 10.6 Å². The van der Waals surface area contributed by atoms with E-state index in [1.165, 1.54) is 0 Å². The molecule has 0 radical (unpaired) electrons. The fraction of sp³-hybridized carbons (Fsp3) is 0.263. The molecule has 0 atom stereocenters. The molecule has 24 heavy (non-hydrogen) atoms. The number of nitrogens with one attached hydrogen (secondary N) is 2. The minimum atomic E-state index is -0.134. The van der Waals surface area contributed by atoms with Crippen LogP contribution in [0.5, 0.6) is 0 Å². The van der Waals surface area contributed by atoms with Crippen LogP contribution < -0.4 is 10.6 Å². The molecular formula is C19H21ClN2O2. The number of halogens is 1. The van der Waals surface area contributed by atoms with E-state index in [9.17, 15) is 9.59 Å². The summed E-state index contributed by atoms with van der Waals surface area (Å²) >= 11 is 5.93. The van der Waals surface area contributed by atoms with E-state index < -0.39 is 0 Å². The van der Waals surface area contributed by atoms with Crippen molar-refractivity contribution in [3.63, 3.8) is 0 Å². The van der Waals surface area contributed by atoms with Crippen LogP contribution in [0, 0.1) is 0 Å². The van der Waals surface area contributed by atoms with Crippen LogP contribution in [0.2, 0.25) is 5.02 Å². The van der Waals surface area contributed by atoms with E-state index in [0.717, 1.165) is 18.4 Å². The zero-order chi connectivity index (χ0) is 17.2. The summed E-state index contributed by atoms with van der Waals surface area (Å²) in [6.07, 6.45) is 2.04. The molecule has 2 N–H and O–H groups in total. The Morgan fingerprint density at radius 1 is 0.917 bits per heavy atom. The lowest BCUT2D eigenvalue weighted by atomic mass is 10.1. The van der Waals surface area contributed by atoms with Gasteiger partial charge in [0.1, 0.15) is 0 Å². The molecule has 2 aromatic rings. The molecule has 0 aliphatic carbocycles. The van der Waals surface area contributed by atoms with Crippen molar-refractivity contribution in [2.45, 2.75) is 19.3 Å². The molecule has 0 aliphatic heterocycles. The Morgan fingerprint density at radius 2 is 1.67 bits per heavy atom. The summed E-state index contributed by atoms with van der Waals surface area (Å²) in [6.45, 7) is 0.836. The molecule has 2 aromatic carbocycles. The predicted molar refractivity (Wildman–Crippen MR) is 96.2 cm³/mol. The third kappa shape index (κ3) is 6.42. The standard InChI is InChI=1S/C19H21ClN2O2/c20-17-10-4-6-15(14-17)7-5-11-18(23)21-12-13-22-19(24)16-8-2-1-3-9-16/h1-4,6,8-10,14H,5,7,11-13H2,(H,21,23)(H,22,24). The lowest BCUT2D eigenvalue weighted by molar-refractivity contribution is -0.121. The summed E-state index contributed by atoms with van der Waals surface area (Å²) in [5.41, 5.74) is 1.75. The first-order chi connectivity index (χ1) is 11.6. The summed E-state index contributed by atoms with van der Waals surface area (Å²) in [5, 5.41) is 6.30. The average Bonchev–Trinajstić information content (AvgIpc) is 2.59. The molecule has 0 unspecified atom stereocenters. The zero-order valence-corrected chi connectivity index (χ0v) is 14.2. The van der Waals surface area contributed by atoms with E-state index >= 15 is 0 Å². The van der Waals surface area contributed by atoms with Gasteiger partial charge in [-0.15, -0.1) is 0 Å². The molecule has 0 heterocycles. The molecular weight excluding hydrogens is 324 g/mol. The van der Waals surface area contributed by atoms with Gasteiger partial charge in [-0.2, -0.15) is 0 Å². The second-order valence-corrected chi connectivity index (χ2v) is 5.89. The van der Waals surface area contributed by atoms with Gasteiger partial charge in [0, 0.05) is 30.1 Å². The topological polar surface area (TPSA) is 58.2 Å². The highest BCUT2D eigenvalue weighted by molar-refractivity contribution is 6.30. The molecule has 0 bridgehead atoms. The summed E-state index contributed by atoms with van der Waals surface area (Å²) in [5.74, 6) is -0.142. The SMILES string of the molecule is O=C(CCCc1cccc(Cl)c1)NCCNC(=O)c1ccccc1. The number of hydrogen-bond donors (Lipinski definition) is 2. The lowest BCUT2D eigenvalue weighted by Crippen LogP contribution is -2.34.